The second-order valence-corrected chi connectivity index (χ2v) is 7.20. The van der Waals surface area contributed by atoms with Crippen molar-refractivity contribution in [2.24, 2.45) is 0 Å². The molecule has 0 spiro atoms. The number of hydrogen-bond donors (Lipinski definition) is 1. The molecule has 1 saturated heterocycles. The van der Waals surface area contributed by atoms with Gasteiger partial charge in [-0.3, -0.25) is 5.10 Å². The molecule has 1 aliphatic rings. The van der Waals surface area contributed by atoms with Gasteiger partial charge in [-0.2, -0.15) is 5.10 Å². The minimum Gasteiger partial charge on any atom is -0.377 e. The molecule has 0 saturated carbocycles. The minimum absolute atomic E-state index is 0.266. The Morgan fingerprint density at radius 1 is 1.18 bits per heavy atom. The van der Waals surface area contributed by atoms with E-state index in [0.29, 0.717) is 13.2 Å². The molecule has 1 fully saturated rings. The lowest BCUT2D eigenvalue weighted by atomic mass is 10.0. The Bertz CT molecular complexity index is 1120. The van der Waals surface area contributed by atoms with Crippen LogP contribution >= 0.6 is 0 Å². The maximum Gasteiger partial charge on any atom is 0.179 e. The predicted octanol–water partition coefficient (Wildman–Crippen LogP) is 3.32. The fraction of sp³-hybridized carbons (Fsp3) is 0.286. The zero-order valence-corrected chi connectivity index (χ0v) is 16.0. The Morgan fingerprint density at radius 2 is 2.07 bits per heavy atom. The van der Waals surface area contributed by atoms with Crippen molar-refractivity contribution in [2.45, 2.75) is 19.9 Å². The van der Waals surface area contributed by atoms with Crippen LogP contribution in [0.15, 0.2) is 48.8 Å². The molecular weight excluding hydrogens is 352 g/mol. The number of aryl methyl sites for hydroxylation is 1. The number of morpholine rings is 1. The number of nitrogens with one attached hydrogen (secondary N) is 1. The molecule has 0 amide bonds. The second kappa shape index (κ2) is 6.76. The summed E-state index contributed by atoms with van der Waals surface area (Å²) in [5.74, 6) is 1.69. The standard InChI is InChI=1S/C21H22N6O/c1-14-5-3-4-6-16(14)17-11-20(26-9-10-28-13-15(26)2)25-27-19(17)12-22-21(27)18-7-8-23-24-18/h3-8,11-12,15H,9-10,13H2,1-2H3,(H,23,24). The van der Waals surface area contributed by atoms with E-state index in [1.807, 2.05) is 16.8 Å². The minimum atomic E-state index is 0.266. The van der Waals surface area contributed by atoms with Gasteiger partial charge in [-0.25, -0.2) is 9.50 Å². The highest BCUT2D eigenvalue weighted by atomic mass is 16.5. The molecule has 1 atom stereocenters. The fourth-order valence-corrected chi connectivity index (χ4v) is 3.83. The van der Waals surface area contributed by atoms with Gasteiger partial charge in [0, 0.05) is 18.3 Å². The van der Waals surface area contributed by atoms with E-state index in [1.165, 1.54) is 11.1 Å². The van der Waals surface area contributed by atoms with E-state index in [-0.39, 0.29) is 6.04 Å². The van der Waals surface area contributed by atoms with Crippen LogP contribution < -0.4 is 4.90 Å². The molecule has 1 N–H and O–H groups in total. The molecule has 0 bridgehead atoms. The van der Waals surface area contributed by atoms with Crippen molar-refractivity contribution in [1.29, 1.82) is 0 Å². The lowest BCUT2D eigenvalue weighted by molar-refractivity contribution is 0.0984. The molecule has 28 heavy (non-hydrogen) atoms. The molecule has 3 aromatic heterocycles. The van der Waals surface area contributed by atoms with Crippen LogP contribution in [-0.2, 0) is 4.74 Å². The van der Waals surface area contributed by atoms with E-state index in [9.17, 15) is 0 Å². The molecule has 4 heterocycles. The maximum absolute atomic E-state index is 5.62. The lowest BCUT2D eigenvalue weighted by Crippen LogP contribution is -2.44. The van der Waals surface area contributed by atoms with Crippen molar-refractivity contribution in [2.75, 3.05) is 24.7 Å². The largest absolute Gasteiger partial charge is 0.377 e. The van der Waals surface area contributed by atoms with Gasteiger partial charge in [0.25, 0.3) is 0 Å². The van der Waals surface area contributed by atoms with Crippen LogP contribution in [0.2, 0.25) is 0 Å². The summed E-state index contributed by atoms with van der Waals surface area (Å²) in [6, 6.07) is 12.8. The van der Waals surface area contributed by atoms with Gasteiger partial charge in [0.2, 0.25) is 0 Å². The van der Waals surface area contributed by atoms with Gasteiger partial charge in [-0.05, 0) is 37.1 Å². The third-order valence-corrected chi connectivity index (χ3v) is 5.33. The van der Waals surface area contributed by atoms with Crippen LogP contribution in [0, 0.1) is 6.92 Å². The summed E-state index contributed by atoms with van der Waals surface area (Å²) >= 11 is 0. The average Bonchev–Trinajstić information content (AvgIpc) is 3.37. The van der Waals surface area contributed by atoms with Crippen molar-refractivity contribution in [3.63, 3.8) is 0 Å². The third kappa shape index (κ3) is 2.75. The fourth-order valence-electron chi connectivity index (χ4n) is 3.83. The Morgan fingerprint density at radius 3 is 2.86 bits per heavy atom. The summed E-state index contributed by atoms with van der Waals surface area (Å²) in [6.07, 6.45) is 3.62. The zero-order valence-electron chi connectivity index (χ0n) is 16.0. The number of ether oxygens (including phenoxy) is 1. The zero-order chi connectivity index (χ0) is 19.1. The summed E-state index contributed by atoms with van der Waals surface area (Å²) in [4.78, 5) is 6.95. The van der Waals surface area contributed by atoms with Crippen molar-refractivity contribution in [1.82, 2.24) is 24.8 Å². The van der Waals surface area contributed by atoms with Crippen molar-refractivity contribution < 1.29 is 4.74 Å². The van der Waals surface area contributed by atoms with Gasteiger partial charge in [-0.1, -0.05) is 24.3 Å². The first-order valence-electron chi connectivity index (χ1n) is 9.51. The molecule has 4 aromatic rings. The maximum atomic E-state index is 5.62. The number of anilines is 1. The summed E-state index contributed by atoms with van der Waals surface area (Å²) < 4.78 is 7.54. The summed E-state index contributed by atoms with van der Waals surface area (Å²) in [6.45, 7) is 6.54. The number of fused-ring (bicyclic) bond motifs is 1. The van der Waals surface area contributed by atoms with Gasteiger partial charge in [0.05, 0.1) is 31.0 Å². The summed E-state index contributed by atoms with van der Waals surface area (Å²) in [5.41, 5.74) is 5.35. The Kier molecular flexibility index (Phi) is 4.09. The first kappa shape index (κ1) is 16.9. The van der Waals surface area contributed by atoms with Crippen LogP contribution in [0.5, 0.6) is 0 Å². The highest BCUT2D eigenvalue weighted by Gasteiger charge is 2.23. The van der Waals surface area contributed by atoms with Gasteiger partial charge in [0.1, 0.15) is 5.69 Å². The molecule has 0 aliphatic carbocycles. The van der Waals surface area contributed by atoms with E-state index in [1.54, 1.807) is 6.20 Å². The number of H-pyrrole nitrogens is 1. The average molecular weight is 374 g/mol. The third-order valence-electron chi connectivity index (χ3n) is 5.33. The number of imidazole rings is 1. The molecule has 1 aromatic carbocycles. The lowest BCUT2D eigenvalue weighted by Gasteiger charge is -2.34. The van der Waals surface area contributed by atoms with Crippen LogP contribution in [0.4, 0.5) is 5.82 Å². The highest BCUT2D eigenvalue weighted by Crippen LogP contribution is 2.33. The molecule has 1 aliphatic heterocycles. The topological polar surface area (TPSA) is 71.3 Å². The number of aromatic amines is 1. The Labute approximate surface area is 163 Å². The first-order valence-corrected chi connectivity index (χ1v) is 9.51. The van der Waals surface area contributed by atoms with E-state index in [2.05, 4.69) is 64.3 Å². The molecule has 7 heteroatoms. The van der Waals surface area contributed by atoms with E-state index >= 15 is 0 Å². The SMILES string of the molecule is Cc1ccccc1-c1cc(N2CCOCC2C)nn2c(-c3ccn[nH]3)ncc12. The van der Waals surface area contributed by atoms with Crippen LogP contribution in [0.1, 0.15) is 12.5 Å². The van der Waals surface area contributed by atoms with Gasteiger partial charge >= 0.3 is 0 Å². The van der Waals surface area contributed by atoms with Crippen LogP contribution in [-0.4, -0.2) is 50.6 Å². The van der Waals surface area contributed by atoms with Crippen LogP contribution in [0.25, 0.3) is 28.2 Å². The van der Waals surface area contributed by atoms with E-state index in [0.717, 1.165) is 35.0 Å². The number of hydrogen-bond acceptors (Lipinski definition) is 5. The van der Waals surface area contributed by atoms with Gasteiger partial charge in [0.15, 0.2) is 11.6 Å². The normalized spacial score (nSPS) is 17.4. The van der Waals surface area contributed by atoms with Crippen molar-refractivity contribution in [3.8, 4) is 22.6 Å². The first-order chi connectivity index (χ1) is 13.7. The van der Waals surface area contributed by atoms with Crippen molar-refractivity contribution in [3.05, 3.63) is 54.4 Å². The Hall–Kier alpha value is -3.19. The smallest absolute Gasteiger partial charge is 0.179 e. The van der Waals surface area contributed by atoms with Crippen LogP contribution in [0.3, 0.4) is 0 Å². The quantitative estimate of drug-likeness (QED) is 0.596. The number of nitrogens with zero attached hydrogens (tertiary/aromatic N) is 5. The van der Waals surface area contributed by atoms with Crippen molar-refractivity contribution >= 4 is 11.3 Å². The Balaban J connectivity index is 1.77. The monoisotopic (exact) mass is 374 g/mol. The summed E-state index contributed by atoms with van der Waals surface area (Å²) in [7, 11) is 0. The predicted molar refractivity (Wildman–Crippen MR) is 108 cm³/mol. The molecular formula is C21H22N6O. The highest BCUT2D eigenvalue weighted by molar-refractivity contribution is 5.84. The molecule has 0 radical (unpaired) electrons. The molecule has 5 rings (SSSR count). The van der Waals surface area contributed by atoms with E-state index < -0.39 is 0 Å². The van der Waals surface area contributed by atoms with Gasteiger partial charge < -0.3 is 9.64 Å². The molecule has 1 unspecified atom stereocenters. The summed E-state index contributed by atoms with van der Waals surface area (Å²) in [5, 5.41) is 12.0. The van der Waals surface area contributed by atoms with E-state index in [4.69, 9.17) is 9.84 Å². The number of benzene rings is 1. The number of aromatic nitrogens is 5. The molecule has 142 valence electrons. The molecule has 7 nitrogen and oxygen atoms in total. The second-order valence-electron chi connectivity index (χ2n) is 7.20. The van der Waals surface area contributed by atoms with Gasteiger partial charge in [-0.15, -0.1) is 5.10 Å². The number of rotatable bonds is 3.